The van der Waals surface area contributed by atoms with Crippen molar-refractivity contribution in [2.45, 2.75) is 12.2 Å². The summed E-state index contributed by atoms with van der Waals surface area (Å²) in [4.78, 5) is 0. The van der Waals surface area contributed by atoms with Gasteiger partial charge >= 0.3 is 0 Å². The van der Waals surface area contributed by atoms with E-state index in [9.17, 15) is 5.11 Å². The summed E-state index contributed by atoms with van der Waals surface area (Å²) < 4.78 is 4.90. The quantitative estimate of drug-likeness (QED) is 0.460. The monoisotopic (exact) mass is 182 g/mol. The summed E-state index contributed by atoms with van der Waals surface area (Å²) in [5, 5.41) is 27.7. The van der Waals surface area contributed by atoms with E-state index in [0.717, 1.165) is 0 Å². The summed E-state index contributed by atoms with van der Waals surface area (Å²) in [6.45, 7) is 0.544. The fourth-order valence-corrected chi connectivity index (χ4v) is 1.18. The number of aliphatic hydroxyl groups excluding tert-OH is 1. The number of ether oxygens (including phenoxy) is 1. The molecule has 1 aromatic rings. The molecule has 0 radical (unpaired) electrons. The molecule has 13 heavy (non-hydrogen) atoms. The first kappa shape index (κ1) is 8.34. The molecule has 1 saturated heterocycles. The largest absolute Gasteiger partial charge is 0.504 e. The van der Waals surface area contributed by atoms with E-state index < -0.39 is 6.10 Å². The molecule has 1 heterocycles. The minimum atomic E-state index is -0.716. The number of epoxide rings is 1. The molecule has 3 N–H and O–H groups in total. The number of hydrogen-bond acceptors (Lipinski definition) is 4. The number of phenolic OH excluding ortho intramolecular Hbond substituents is 2. The third-order valence-electron chi connectivity index (χ3n) is 2.05. The summed E-state index contributed by atoms with van der Waals surface area (Å²) in [7, 11) is 0. The molecular formula is C9H10O4. The van der Waals surface area contributed by atoms with Crippen LogP contribution in [0.2, 0.25) is 0 Å². The van der Waals surface area contributed by atoms with Crippen molar-refractivity contribution in [2.24, 2.45) is 0 Å². The van der Waals surface area contributed by atoms with Crippen molar-refractivity contribution in [3.05, 3.63) is 23.8 Å². The second kappa shape index (κ2) is 2.90. The van der Waals surface area contributed by atoms with Crippen LogP contribution in [0.3, 0.4) is 0 Å². The normalized spacial score (nSPS) is 22.7. The van der Waals surface area contributed by atoms with Gasteiger partial charge in [0.1, 0.15) is 12.2 Å². The smallest absolute Gasteiger partial charge is 0.157 e. The lowest BCUT2D eigenvalue weighted by atomic mass is 10.1. The Morgan fingerprint density at radius 1 is 1.31 bits per heavy atom. The van der Waals surface area contributed by atoms with Crippen molar-refractivity contribution in [1.82, 2.24) is 0 Å². The molecule has 70 valence electrons. The molecule has 1 aliphatic rings. The molecular weight excluding hydrogens is 172 g/mol. The van der Waals surface area contributed by atoms with Crippen molar-refractivity contribution < 1.29 is 20.1 Å². The molecule has 1 aromatic carbocycles. The second-order valence-electron chi connectivity index (χ2n) is 3.06. The highest BCUT2D eigenvalue weighted by atomic mass is 16.6. The Morgan fingerprint density at radius 2 is 2.00 bits per heavy atom. The van der Waals surface area contributed by atoms with E-state index in [2.05, 4.69) is 0 Å². The SMILES string of the molecule is Oc1ccc([C@@H](O)[C@@H]2CO2)cc1O. The first-order chi connectivity index (χ1) is 6.18. The van der Waals surface area contributed by atoms with Crippen molar-refractivity contribution in [2.75, 3.05) is 6.61 Å². The van der Waals surface area contributed by atoms with Crippen molar-refractivity contribution in [3.8, 4) is 11.5 Å². The van der Waals surface area contributed by atoms with Crippen LogP contribution in [0.5, 0.6) is 11.5 Å². The summed E-state index contributed by atoms with van der Waals surface area (Å²) in [5.74, 6) is -0.412. The zero-order valence-electron chi connectivity index (χ0n) is 6.84. The van der Waals surface area contributed by atoms with Gasteiger partial charge in [-0.1, -0.05) is 6.07 Å². The lowest BCUT2D eigenvalue weighted by Gasteiger charge is -2.08. The van der Waals surface area contributed by atoms with E-state index in [1.807, 2.05) is 0 Å². The zero-order valence-corrected chi connectivity index (χ0v) is 6.84. The van der Waals surface area contributed by atoms with E-state index in [1.165, 1.54) is 12.1 Å². The third-order valence-corrected chi connectivity index (χ3v) is 2.05. The van der Waals surface area contributed by atoms with E-state index in [0.29, 0.717) is 12.2 Å². The Kier molecular flexibility index (Phi) is 1.86. The molecule has 4 heteroatoms. The first-order valence-electron chi connectivity index (χ1n) is 4.00. The molecule has 2 rings (SSSR count). The van der Waals surface area contributed by atoms with Crippen molar-refractivity contribution >= 4 is 0 Å². The van der Waals surface area contributed by atoms with E-state index in [4.69, 9.17) is 14.9 Å². The lowest BCUT2D eigenvalue weighted by molar-refractivity contribution is 0.136. The molecule has 2 atom stereocenters. The van der Waals surface area contributed by atoms with Gasteiger partial charge in [-0.2, -0.15) is 0 Å². The maximum absolute atomic E-state index is 9.56. The minimum Gasteiger partial charge on any atom is -0.504 e. The van der Waals surface area contributed by atoms with Crippen LogP contribution in [0.15, 0.2) is 18.2 Å². The highest BCUT2D eigenvalue weighted by Gasteiger charge is 2.32. The number of rotatable bonds is 2. The number of aromatic hydroxyl groups is 2. The van der Waals surface area contributed by atoms with Crippen LogP contribution in [0.25, 0.3) is 0 Å². The Balaban J connectivity index is 2.24. The highest BCUT2D eigenvalue weighted by Crippen LogP contribution is 2.32. The summed E-state index contributed by atoms with van der Waals surface area (Å²) in [6, 6.07) is 4.24. The number of aliphatic hydroxyl groups is 1. The number of benzene rings is 1. The predicted molar refractivity (Wildman–Crippen MR) is 44.5 cm³/mol. The van der Waals surface area contributed by atoms with Gasteiger partial charge in [-0.25, -0.2) is 0 Å². The fraction of sp³-hybridized carbons (Fsp3) is 0.333. The average molecular weight is 182 g/mol. The van der Waals surface area contributed by atoms with Crippen LogP contribution in [-0.4, -0.2) is 28.0 Å². The van der Waals surface area contributed by atoms with E-state index >= 15 is 0 Å². The molecule has 0 aromatic heterocycles. The number of phenols is 2. The molecule has 1 aliphatic heterocycles. The van der Waals surface area contributed by atoms with Crippen LogP contribution >= 0.6 is 0 Å². The van der Waals surface area contributed by atoms with Crippen LogP contribution in [-0.2, 0) is 4.74 Å². The zero-order chi connectivity index (χ0) is 9.42. The Bertz CT molecular complexity index is 319. The van der Waals surface area contributed by atoms with Gasteiger partial charge in [-0.15, -0.1) is 0 Å². The topological polar surface area (TPSA) is 73.2 Å². The van der Waals surface area contributed by atoms with E-state index in [1.54, 1.807) is 6.07 Å². The maximum atomic E-state index is 9.56. The van der Waals surface area contributed by atoms with Gasteiger partial charge in [0.05, 0.1) is 6.61 Å². The Morgan fingerprint density at radius 3 is 2.54 bits per heavy atom. The molecule has 0 spiro atoms. The molecule has 0 bridgehead atoms. The third kappa shape index (κ3) is 1.59. The Hall–Kier alpha value is -1.26. The average Bonchev–Trinajstić information content (AvgIpc) is 2.91. The van der Waals surface area contributed by atoms with Gasteiger partial charge in [0.15, 0.2) is 11.5 Å². The number of hydrogen-bond donors (Lipinski definition) is 3. The molecule has 0 amide bonds. The van der Waals surface area contributed by atoms with Gasteiger partial charge in [-0.05, 0) is 17.7 Å². The highest BCUT2D eigenvalue weighted by molar-refractivity contribution is 5.41. The molecule has 4 nitrogen and oxygen atoms in total. The van der Waals surface area contributed by atoms with Gasteiger partial charge in [0, 0.05) is 0 Å². The van der Waals surface area contributed by atoms with Gasteiger partial charge in [0.25, 0.3) is 0 Å². The van der Waals surface area contributed by atoms with Crippen molar-refractivity contribution in [1.29, 1.82) is 0 Å². The summed E-state index contributed by atoms with van der Waals surface area (Å²) in [6.07, 6.45) is -0.879. The van der Waals surface area contributed by atoms with Crippen LogP contribution in [0, 0.1) is 0 Å². The van der Waals surface area contributed by atoms with Gasteiger partial charge < -0.3 is 20.1 Å². The molecule has 0 aliphatic carbocycles. The summed E-state index contributed by atoms with van der Waals surface area (Å²) >= 11 is 0. The first-order valence-corrected chi connectivity index (χ1v) is 4.00. The molecule has 0 unspecified atom stereocenters. The molecule has 1 fully saturated rings. The second-order valence-corrected chi connectivity index (χ2v) is 3.06. The summed E-state index contributed by atoms with van der Waals surface area (Å²) in [5.41, 5.74) is 0.554. The van der Waals surface area contributed by atoms with Crippen LogP contribution in [0.1, 0.15) is 11.7 Å². The van der Waals surface area contributed by atoms with Crippen LogP contribution < -0.4 is 0 Å². The lowest BCUT2D eigenvalue weighted by Crippen LogP contribution is -2.04. The van der Waals surface area contributed by atoms with Gasteiger partial charge in [-0.3, -0.25) is 0 Å². The van der Waals surface area contributed by atoms with Gasteiger partial charge in [0.2, 0.25) is 0 Å². The van der Waals surface area contributed by atoms with Crippen LogP contribution in [0.4, 0.5) is 0 Å². The van der Waals surface area contributed by atoms with E-state index in [-0.39, 0.29) is 17.6 Å². The standard InChI is InChI=1S/C9H10O4/c10-6-2-1-5(3-7(6)11)9(12)8-4-13-8/h1-3,8-12H,4H2/t8-,9+/m0/s1. The predicted octanol–water partition coefficient (Wildman–Crippen LogP) is 0.530. The Labute approximate surface area is 75.0 Å². The molecule has 0 saturated carbocycles. The minimum absolute atomic E-state index is 0.163. The fourth-order valence-electron chi connectivity index (χ4n) is 1.18. The maximum Gasteiger partial charge on any atom is 0.157 e. The van der Waals surface area contributed by atoms with Crippen molar-refractivity contribution in [3.63, 3.8) is 0 Å².